The van der Waals surface area contributed by atoms with E-state index in [4.69, 9.17) is 9.47 Å². The molecule has 146 valence electrons. The molecule has 26 heavy (non-hydrogen) atoms. The first-order valence-corrected chi connectivity index (χ1v) is 10.4. The zero-order valence-corrected chi connectivity index (χ0v) is 16.6. The number of allylic oxidation sites excluding steroid dienone is 1. The van der Waals surface area contributed by atoms with Gasteiger partial charge in [0.15, 0.2) is 0 Å². The summed E-state index contributed by atoms with van der Waals surface area (Å²) < 4.78 is 11.6. The lowest BCUT2D eigenvalue weighted by Crippen LogP contribution is -2.49. The molecule has 1 heterocycles. The van der Waals surface area contributed by atoms with Crippen molar-refractivity contribution >= 4 is 11.9 Å². The molecular weight excluding hydrogens is 328 g/mol. The minimum Gasteiger partial charge on any atom is -0.455 e. The third-order valence-electron chi connectivity index (χ3n) is 7.38. The van der Waals surface area contributed by atoms with Crippen molar-refractivity contribution in [3.63, 3.8) is 0 Å². The second-order valence-electron chi connectivity index (χ2n) is 9.10. The van der Waals surface area contributed by atoms with Crippen LogP contribution in [0.2, 0.25) is 0 Å². The fourth-order valence-electron chi connectivity index (χ4n) is 4.87. The molecule has 0 aromatic carbocycles. The van der Waals surface area contributed by atoms with Gasteiger partial charge in [0.1, 0.15) is 6.10 Å². The van der Waals surface area contributed by atoms with Gasteiger partial charge in [0.2, 0.25) is 5.60 Å². The van der Waals surface area contributed by atoms with Crippen LogP contribution in [0.5, 0.6) is 0 Å². The zero-order valence-electron chi connectivity index (χ0n) is 16.6. The van der Waals surface area contributed by atoms with E-state index in [1.165, 1.54) is 38.5 Å². The van der Waals surface area contributed by atoms with Crippen molar-refractivity contribution in [3.8, 4) is 0 Å². The number of hydrogen-bond donors (Lipinski definition) is 0. The van der Waals surface area contributed by atoms with Crippen LogP contribution >= 0.6 is 0 Å². The van der Waals surface area contributed by atoms with Crippen LogP contribution in [-0.2, 0) is 19.1 Å². The average Bonchev–Trinajstić information content (AvgIpc) is 2.87. The normalized spacial score (nSPS) is 38.7. The fourth-order valence-corrected chi connectivity index (χ4v) is 4.87. The van der Waals surface area contributed by atoms with Crippen molar-refractivity contribution in [2.75, 3.05) is 0 Å². The van der Waals surface area contributed by atoms with Crippen LogP contribution in [0.4, 0.5) is 0 Å². The number of carbonyl (C=O) groups excluding carboxylic acids is 2. The summed E-state index contributed by atoms with van der Waals surface area (Å²) in [6.07, 6.45) is 15.8. The molecule has 2 unspecified atom stereocenters. The van der Waals surface area contributed by atoms with Gasteiger partial charge in [0.25, 0.3) is 0 Å². The molecule has 4 nitrogen and oxygen atoms in total. The molecule has 3 atom stereocenters. The summed E-state index contributed by atoms with van der Waals surface area (Å²) in [5, 5.41) is 0. The van der Waals surface area contributed by atoms with Gasteiger partial charge in [-0.2, -0.15) is 0 Å². The third kappa shape index (κ3) is 3.10. The van der Waals surface area contributed by atoms with Crippen molar-refractivity contribution < 1.29 is 19.1 Å². The molecule has 0 N–H and O–H groups in total. The van der Waals surface area contributed by atoms with Gasteiger partial charge >= 0.3 is 11.9 Å². The quantitative estimate of drug-likeness (QED) is 0.506. The molecule has 3 rings (SSSR count). The maximum Gasteiger partial charge on any atom is 0.351 e. The number of carbonyl (C=O) groups is 2. The van der Waals surface area contributed by atoms with Gasteiger partial charge in [-0.05, 0) is 51.5 Å². The Hall–Kier alpha value is -1.32. The number of rotatable bonds is 2. The topological polar surface area (TPSA) is 52.6 Å². The predicted molar refractivity (Wildman–Crippen MR) is 101 cm³/mol. The molecule has 0 spiro atoms. The lowest BCUT2D eigenvalue weighted by Gasteiger charge is -2.35. The Morgan fingerprint density at radius 2 is 1.69 bits per heavy atom. The van der Waals surface area contributed by atoms with E-state index >= 15 is 0 Å². The van der Waals surface area contributed by atoms with E-state index in [1.54, 1.807) is 0 Å². The molecule has 0 radical (unpaired) electrons. The molecule has 3 aliphatic rings. The smallest absolute Gasteiger partial charge is 0.351 e. The monoisotopic (exact) mass is 362 g/mol. The van der Waals surface area contributed by atoms with Crippen LogP contribution in [0.25, 0.3) is 0 Å². The molecule has 0 aromatic heterocycles. The number of hydrogen-bond acceptors (Lipinski definition) is 4. The Morgan fingerprint density at radius 3 is 2.31 bits per heavy atom. The van der Waals surface area contributed by atoms with Crippen LogP contribution < -0.4 is 0 Å². The van der Waals surface area contributed by atoms with Crippen molar-refractivity contribution in [2.45, 2.75) is 103 Å². The molecule has 1 aliphatic heterocycles. The highest BCUT2D eigenvalue weighted by molar-refractivity contribution is 5.93. The van der Waals surface area contributed by atoms with Crippen LogP contribution in [0.1, 0.15) is 91.4 Å². The Morgan fingerprint density at radius 1 is 1.04 bits per heavy atom. The summed E-state index contributed by atoms with van der Waals surface area (Å²) >= 11 is 0. The fraction of sp³-hybridized carbons (Fsp3) is 0.818. The van der Waals surface area contributed by atoms with Crippen LogP contribution in [0.3, 0.4) is 0 Å². The third-order valence-corrected chi connectivity index (χ3v) is 7.38. The number of esters is 2. The van der Waals surface area contributed by atoms with Crippen molar-refractivity contribution in [3.05, 3.63) is 12.2 Å². The molecule has 2 fully saturated rings. The summed E-state index contributed by atoms with van der Waals surface area (Å²) in [6.45, 7) is 5.87. The van der Waals surface area contributed by atoms with Crippen LogP contribution in [0.15, 0.2) is 12.2 Å². The van der Waals surface area contributed by atoms with Crippen LogP contribution in [0, 0.1) is 10.8 Å². The van der Waals surface area contributed by atoms with Gasteiger partial charge < -0.3 is 9.47 Å². The van der Waals surface area contributed by atoms with E-state index in [2.05, 4.69) is 6.08 Å². The maximum absolute atomic E-state index is 13.1. The van der Waals surface area contributed by atoms with Gasteiger partial charge in [0, 0.05) is 5.41 Å². The van der Waals surface area contributed by atoms with Crippen molar-refractivity contribution in [1.29, 1.82) is 0 Å². The highest BCUT2D eigenvalue weighted by Gasteiger charge is 2.76. The molecule has 1 saturated carbocycles. The summed E-state index contributed by atoms with van der Waals surface area (Å²) in [4.78, 5) is 25.5. The largest absolute Gasteiger partial charge is 0.455 e. The molecule has 4 heteroatoms. The predicted octanol–water partition coefficient (Wildman–Crippen LogP) is 5.10. The van der Waals surface area contributed by atoms with Gasteiger partial charge in [0.05, 0.1) is 5.41 Å². The van der Waals surface area contributed by atoms with Gasteiger partial charge in [-0.25, -0.2) is 4.79 Å². The lowest BCUT2D eigenvalue weighted by atomic mass is 9.66. The molecule has 0 amide bonds. The highest BCUT2D eigenvalue weighted by atomic mass is 16.6. The second-order valence-corrected chi connectivity index (χ2v) is 9.10. The standard InChI is InChI=1S/C22H34O4/c1-20(2)21(3)15-16-22(20,26-18(21)23)19(24)25-17-13-11-9-7-5-4-6-8-10-12-14-17/h11,13,17H,4-10,12,14-16H2,1-3H3/b13-11-/t17?,21?,22-/m1/s1. The Bertz CT molecular complexity index is 579. The maximum atomic E-state index is 13.1. The summed E-state index contributed by atoms with van der Waals surface area (Å²) in [5.41, 5.74) is -2.24. The molecular formula is C22H34O4. The second kappa shape index (κ2) is 7.36. The molecule has 0 aromatic rings. The van der Waals surface area contributed by atoms with E-state index in [0.29, 0.717) is 12.8 Å². The Labute approximate surface area is 157 Å². The number of fused-ring (bicyclic) bond motifs is 2. The minimum absolute atomic E-state index is 0.210. The van der Waals surface area contributed by atoms with E-state index < -0.39 is 16.4 Å². The van der Waals surface area contributed by atoms with E-state index in [9.17, 15) is 9.59 Å². The van der Waals surface area contributed by atoms with E-state index in [1.807, 2.05) is 26.8 Å². The van der Waals surface area contributed by atoms with E-state index in [0.717, 1.165) is 19.3 Å². The molecule has 2 aliphatic carbocycles. The lowest BCUT2D eigenvalue weighted by molar-refractivity contribution is -0.185. The first kappa shape index (κ1) is 19.4. The summed E-state index contributed by atoms with van der Waals surface area (Å²) in [7, 11) is 0. The average molecular weight is 363 g/mol. The Balaban J connectivity index is 1.71. The zero-order chi connectivity index (χ0) is 18.8. The van der Waals surface area contributed by atoms with Gasteiger partial charge in [-0.1, -0.05) is 52.0 Å². The van der Waals surface area contributed by atoms with Gasteiger partial charge in [-0.3, -0.25) is 4.79 Å². The highest BCUT2D eigenvalue weighted by Crippen LogP contribution is 2.65. The van der Waals surface area contributed by atoms with Crippen molar-refractivity contribution in [2.24, 2.45) is 10.8 Å². The SMILES string of the molecule is CC12CC[C@](C(=O)OC3/C=C\CCCCCCCCC3)(OC1=O)C2(C)C. The van der Waals surface area contributed by atoms with Crippen LogP contribution in [-0.4, -0.2) is 23.6 Å². The summed E-state index contributed by atoms with van der Waals surface area (Å²) in [6, 6.07) is 0. The van der Waals surface area contributed by atoms with E-state index in [-0.39, 0.29) is 18.0 Å². The van der Waals surface area contributed by atoms with Crippen molar-refractivity contribution in [1.82, 2.24) is 0 Å². The minimum atomic E-state index is -1.11. The Kier molecular flexibility index (Phi) is 5.50. The first-order chi connectivity index (χ1) is 12.3. The summed E-state index contributed by atoms with van der Waals surface area (Å²) in [5.74, 6) is -0.598. The molecule has 2 bridgehead atoms. The number of ether oxygens (including phenoxy) is 2. The first-order valence-electron chi connectivity index (χ1n) is 10.4. The van der Waals surface area contributed by atoms with Gasteiger partial charge in [-0.15, -0.1) is 0 Å². The molecule has 1 saturated heterocycles.